The van der Waals surface area contributed by atoms with Gasteiger partial charge in [-0.15, -0.1) is 11.3 Å². The van der Waals surface area contributed by atoms with Crippen molar-refractivity contribution in [3.8, 4) is 89.4 Å². The average molecular weight is 1920 g/mol. The quantitative estimate of drug-likeness (QED) is 0.0447. The number of thiophene rings is 2. The van der Waals surface area contributed by atoms with E-state index in [4.69, 9.17) is 15.0 Å². The fraction of sp³-hybridized carbons (Fsp3) is 0.0594. The van der Waals surface area contributed by atoms with Crippen molar-refractivity contribution in [2.75, 3.05) is 26.6 Å². The van der Waals surface area contributed by atoms with Gasteiger partial charge in [-0.3, -0.25) is 46.7 Å². The third-order valence-electron chi connectivity index (χ3n) is 20.8. The average Bonchev–Trinajstić information content (AvgIpc) is 1.65. The molecule has 0 bridgehead atoms. The summed E-state index contributed by atoms with van der Waals surface area (Å²) in [5.74, 6) is 3.05. The molecular formula is C101H77Br2F3N24OS2. The molecule has 5 N–H and O–H groups in total. The maximum absolute atomic E-state index is 12.6. The van der Waals surface area contributed by atoms with Crippen molar-refractivity contribution in [1.29, 1.82) is 0 Å². The third-order valence-corrected chi connectivity index (χ3v) is 23.5. The largest absolute Gasteiger partial charge is 0.433 e. The van der Waals surface area contributed by atoms with Gasteiger partial charge in [0, 0.05) is 152 Å². The molecule has 0 saturated heterocycles. The number of nitrogens with zero attached hydrogens (tertiary/aromatic N) is 19. The van der Waals surface area contributed by atoms with Crippen LogP contribution in [0.3, 0.4) is 0 Å². The van der Waals surface area contributed by atoms with Gasteiger partial charge in [-0.1, -0.05) is 212 Å². The second-order valence-corrected chi connectivity index (χ2v) is 33.2. The number of nitrogens with one attached hydrogen (secondary N) is 5. The first kappa shape index (κ1) is 87.5. The van der Waals surface area contributed by atoms with Crippen LogP contribution in [0.1, 0.15) is 34.9 Å². The van der Waals surface area contributed by atoms with Crippen LogP contribution in [0.2, 0.25) is 0 Å². The number of hydrogen-bond donors (Lipinski definition) is 5. The van der Waals surface area contributed by atoms with Gasteiger partial charge in [-0.05, 0) is 101 Å². The highest BCUT2D eigenvalue weighted by Crippen LogP contribution is 2.36. The molecule has 0 saturated carbocycles. The summed E-state index contributed by atoms with van der Waals surface area (Å²) in [6.07, 6.45) is 26.6. The van der Waals surface area contributed by atoms with E-state index in [2.05, 4.69) is 228 Å². The number of rotatable bonds is 21. The van der Waals surface area contributed by atoms with E-state index in [0.29, 0.717) is 48.1 Å². The van der Waals surface area contributed by atoms with E-state index in [1.807, 2.05) is 228 Å². The molecule has 0 aliphatic carbocycles. The summed E-state index contributed by atoms with van der Waals surface area (Å²) in [6, 6.07) is 80.9. The van der Waals surface area contributed by atoms with Gasteiger partial charge >= 0.3 is 6.18 Å². The number of anilines is 5. The zero-order valence-corrected chi connectivity index (χ0v) is 75.5. The molecule has 16 aromatic heterocycles. The molecule has 22 aromatic rings. The summed E-state index contributed by atoms with van der Waals surface area (Å²) in [7, 11) is 0. The van der Waals surface area contributed by atoms with Crippen LogP contribution >= 0.6 is 54.5 Å². The monoisotopic (exact) mass is 1920 g/mol. The fourth-order valence-corrected chi connectivity index (χ4v) is 16.5. The Morgan fingerprint density at radius 2 is 0.669 bits per heavy atom. The number of carbonyl (C=O) groups is 1. The lowest BCUT2D eigenvalue weighted by atomic mass is 10.1. The topological polar surface area (TPSA) is 280 Å². The summed E-state index contributed by atoms with van der Waals surface area (Å²) in [4.78, 5) is 74.8. The smallest absolute Gasteiger partial charge is 0.363 e. The van der Waals surface area contributed by atoms with Crippen LogP contribution in [0.4, 0.5) is 42.3 Å². The molecule has 0 atom stereocenters. The number of imidazole rings is 5. The molecule has 0 spiro atoms. The Morgan fingerprint density at radius 1 is 0.331 bits per heavy atom. The van der Waals surface area contributed by atoms with Crippen molar-refractivity contribution >= 4 is 118 Å². The zero-order chi connectivity index (χ0) is 90.8. The molecule has 22 rings (SSSR count). The first-order chi connectivity index (χ1) is 65.2. The van der Waals surface area contributed by atoms with E-state index < -0.39 is 11.9 Å². The van der Waals surface area contributed by atoms with Crippen molar-refractivity contribution in [2.45, 2.75) is 39.3 Å². The maximum atomic E-state index is 12.6. The molecule has 0 radical (unpaired) electrons. The molecule has 0 aliphatic heterocycles. The number of halogens is 5. The van der Waals surface area contributed by atoms with E-state index in [1.54, 1.807) is 53.7 Å². The van der Waals surface area contributed by atoms with Crippen molar-refractivity contribution in [1.82, 2.24) is 91.8 Å². The van der Waals surface area contributed by atoms with Crippen molar-refractivity contribution in [2.24, 2.45) is 0 Å². The Balaban J connectivity index is 0.000000112. The SMILES string of the molecule is CC(=O)Nc1nc(-c2ccccc2)cn2c(Br)cnc12.FC(F)(F)c1ccc(CNc2nc(-c3ccccc3)cn3c(Br)cnc23)cn1.c1ccc(-c2cn3c(-c4ccccc4)cnc3c(NCc3cccnc3)n2)cc1.c1ccc(-c2cn3c(-c4cccs4)cnc3c(NCc3cccnc3)n2)cc1.c1ccc(-c2cn3c(-c4ccsc4)cnc3c(NCc3cccnc3)n2)cc1. The minimum atomic E-state index is -4.45. The number of aromatic nitrogens is 19. The minimum Gasteiger partial charge on any atom is -0.363 e. The van der Waals surface area contributed by atoms with Crippen LogP contribution in [-0.2, 0) is 37.1 Å². The van der Waals surface area contributed by atoms with Gasteiger partial charge in [-0.25, -0.2) is 49.8 Å². The highest BCUT2D eigenvalue weighted by atomic mass is 79.9. The van der Waals surface area contributed by atoms with E-state index in [-0.39, 0.29) is 12.5 Å². The van der Waals surface area contributed by atoms with E-state index in [0.717, 1.165) is 151 Å². The Kier molecular flexibility index (Phi) is 27.0. The molecule has 654 valence electrons. The Bertz CT molecular complexity index is 7430. The van der Waals surface area contributed by atoms with Gasteiger partial charge in [0.25, 0.3) is 0 Å². The number of fused-ring (bicyclic) bond motifs is 5. The molecule has 25 nitrogen and oxygen atoms in total. The molecule has 6 aromatic carbocycles. The summed E-state index contributed by atoms with van der Waals surface area (Å²) in [5, 5.41) is 22.5. The predicted octanol–water partition coefficient (Wildman–Crippen LogP) is 23.6. The van der Waals surface area contributed by atoms with Crippen molar-refractivity contribution in [3.63, 3.8) is 0 Å². The maximum Gasteiger partial charge on any atom is 0.433 e. The Morgan fingerprint density at radius 3 is 1.01 bits per heavy atom. The Hall–Kier alpha value is -16.2. The van der Waals surface area contributed by atoms with Gasteiger partial charge in [0.2, 0.25) is 5.91 Å². The summed E-state index contributed by atoms with van der Waals surface area (Å²) < 4.78 is 49.6. The fourth-order valence-electron chi connectivity index (χ4n) is 14.4. The summed E-state index contributed by atoms with van der Waals surface area (Å²) >= 11 is 10.3. The molecule has 32 heteroatoms. The number of benzene rings is 6. The molecule has 16 heterocycles. The lowest BCUT2D eigenvalue weighted by molar-refractivity contribution is -0.141. The second-order valence-electron chi connectivity index (χ2n) is 29.8. The number of pyridine rings is 4. The van der Waals surface area contributed by atoms with Crippen LogP contribution in [0, 0.1) is 0 Å². The number of alkyl halides is 3. The van der Waals surface area contributed by atoms with Crippen LogP contribution in [0.15, 0.2) is 379 Å². The molecule has 1 amide bonds. The highest BCUT2D eigenvalue weighted by molar-refractivity contribution is 9.10. The molecule has 0 fully saturated rings. The van der Waals surface area contributed by atoms with Gasteiger partial charge in [0.1, 0.15) is 14.9 Å². The Labute approximate surface area is 784 Å². The molecule has 133 heavy (non-hydrogen) atoms. The number of carbonyl (C=O) groups excluding carboxylic acids is 1. The zero-order valence-electron chi connectivity index (χ0n) is 70.7. The van der Waals surface area contributed by atoms with Crippen LogP contribution < -0.4 is 26.6 Å². The van der Waals surface area contributed by atoms with Crippen LogP contribution in [0.5, 0.6) is 0 Å². The van der Waals surface area contributed by atoms with Gasteiger partial charge < -0.3 is 26.6 Å². The minimum absolute atomic E-state index is 0.177. The van der Waals surface area contributed by atoms with Gasteiger partial charge in [-0.2, -0.15) is 24.5 Å². The lowest BCUT2D eigenvalue weighted by Crippen LogP contribution is -2.10. The number of amides is 1. The van der Waals surface area contributed by atoms with Crippen molar-refractivity contribution < 1.29 is 18.0 Å². The third kappa shape index (κ3) is 21.1. The van der Waals surface area contributed by atoms with Gasteiger partial charge in [0.15, 0.2) is 57.3 Å². The standard InChI is InChI=1S/C24H19N5.2C22H17N5S.C19H13BrF3N5.C14H11BrN4O/c1-3-9-19(10-4-1)21-17-29-22(20-11-5-2-6-12-20)16-27-24(29)23(28-21)26-15-18-8-7-13-25-14-18;1-2-7-17(8-3-1)18-15-27-19(20-9-5-11-28-20)14-25-22(27)21(26-18)24-13-16-6-4-10-23-12-16;1-2-6-17(7-3-1)19-14-27-20(18-8-10-28-15-18)13-25-22(27)21(26-19)24-12-16-5-4-9-23-11-16;20-16-10-26-18-17(25-9-12-6-7-15(24-8-12)19(21,22)23)27-14(11-28(16)18)13-4-2-1-3-5-13;1-9(20)17-13-14-16-7-12(15)19(14)8-11(18-13)10-5-3-2-4-6-10/h1-14,16-17H,15H2,(H,26,28);1-12,14-15H,13H2,(H,24,26);1-11,13-15H,12H2,(H,24,26);1-8,10-11H,9H2,(H,25,27);2-8H,1H3,(H,17,18,20). The lowest BCUT2D eigenvalue weighted by Gasteiger charge is -2.11. The highest BCUT2D eigenvalue weighted by Gasteiger charge is 2.32. The van der Waals surface area contributed by atoms with Crippen LogP contribution in [-0.4, -0.2) is 97.7 Å². The van der Waals surface area contributed by atoms with Crippen LogP contribution in [0.25, 0.3) is 118 Å². The predicted molar refractivity (Wildman–Crippen MR) is 525 cm³/mol. The first-order valence-electron chi connectivity index (χ1n) is 41.7. The normalized spacial score (nSPS) is 11.1. The van der Waals surface area contributed by atoms with E-state index >= 15 is 0 Å². The second kappa shape index (κ2) is 41.1. The number of hydrogen-bond acceptors (Lipinski definition) is 21. The molecule has 0 aliphatic rings. The molecular weight excluding hydrogens is 1850 g/mol. The van der Waals surface area contributed by atoms with Crippen molar-refractivity contribution in [3.05, 3.63) is 407 Å². The van der Waals surface area contributed by atoms with E-state index in [1.165, 1.54) is 24.1 Å². The molecule has 0 unspecified atom stereocenters. The van der Waals surface area contributed by atoms with Gasteiger partial charge in [0.05, 0.1) is 81.4 Å². The first-order valence-corrected chi connectivity index (χ1v) is 45.1. The summed E-state index contributed by atoms with van der Waals surface area (Å²) in [6.45, 7) is 3.61. The van der Waals surface area contributed by atoms with E-state index in [9.17, 15) is 18.0 Å². The summed E-state index contributed by atoms with van der Waals surface area (Å²) in [5.41, 5.74) is 21.3.